The first-order valence-electron chi connectivity index (χ1n) is 6.59. The number of likely N-dealkylation sites (tertiary alicyclic amines) is 1. The SMILES string of the molecule is CC(C)(C)OC(=O)N1CC[C@@H](Oc2ccc(Cl)cn2)C1. The van der Waals surface area contributed by atoms with Gasteiger partial charge >= 0.3 is 6.09 Å². The normalized spacial score (nSPS) is 19.0. The van der Waals surface area contributed by atoms with Crippen LogP contribution in [0.1, 0.15) is 27.2 Å². The summed E-state index contributed by atoms with van der Waals surface area (Å²) in [5.41, 5.74) is -0.478. The van der Waals surface area contributed by atoms with Crippen LogP contribution in [0.4, 0.5) is 4.79 Å². The molecule has 0 spiro atoms. The first kappa shape index (κ1) is 14.9. The highest BCUT2D eigenvalue weighted by molar-refractivity contribution is 6.30. The summed E-state index contributed by atoms with van der Waals surface area (Å²) in [4.78, 5) is 17.7. The quantitative estimate of drug-likeness (QED) is 0.842. The number of nitrogens with zero attached hydrogens (tertiary/aromatic N) is 2. The fourth-order valence-electron chi connectivity index (χ4n) is 1.92. The molecule has 1 atom stereocenters. The van der Waals surface area contributed by atoms with Crippen molar-refractivity contribution in [1.82, 2.24) is 9.88 Å². The Labute approximate surface area is 123 Å². The molecule has 0 bridgehead atoms. The number of hydrogen-bond acceptors (Lipinski definition) is 4. The maximum atomic E-state index is 11.9. The second kappa shape index (κ2) is 5.87. The molecule has 1 aliphatic heterocycles. The summed E-state index contributed by atoms with van der Waals surface area (Å²) in [6.45, 7) is 6.71. The number of pyridine rings is 1. The minimum atomic E-state index is -0.478. The van der Waals surface area contributed by atoms with Gasteiger partial charge in [0.25, 0.3) is 0 Å². The van der Waals surface area contributed by atoms with E-state index in [9.17, 15) is 4.79 Å². The fourth-order valence-corrected chi connectivity index (χ4v) is 2.03. The number of rotatable bonds is 2. The third kappa shape index (κ3) is 4.27. The van der Waals surface area contributed by atoms with Gasteiger partial charge < -0.3 is 14.4 Å². The number of carbonyl (C=O) groups is 1. The summed E-state index contributed by atoms with van der Waals surface area (Å²) in [5.74, 6) is 0.519. The molecule has 5 nitrogen and oxygen atoms in total. The zero-order valence-electron chi connectivity index (χ0n) is 11.9. The first-order valence-corrected chi connectivity index (χ1v) is 6.97. The highest BCUT2D eigenvalue weighted by Gasteiger charge is 2.30. The van der Waals surface area contributed by atoms with Crippen molar-refractivity contribution in [3.05, 3.63) is 23.4 Å². The lowest BCUT2D eigenvalue weighted by Crippen LogP contribution is -2.36. The zero-order valence-corrected chi connectivity index (χ0v) is 12.7. The molecule has 0 radical (unpaired) electrons. The molecule has 0 unspecified atom stereocenters. The number of amides is 1. The molecule has 0 aliphatic carbocycles. The van der Waals surface area contributed by atoms with Gasteiger partial charge in [-0.05, 0) is 26.8 Å². The molecule has 1 fully saturated rings. The molecular weight excluding hydrogens is 280 g/mol. The van der Waals surface area contributed by atoms with E-state index in [0.29, 0.717) is 24.0 Å². The van der Waals surface area contributed by atoms with Gasteiger partial charge in [-0.25, -0.2) is 9.78 Å². The average molecular weight is 299 g/mol. The van der Waals surface area contributed by atoms with Crippen LogP contribution in [0.25, 0.3) is 0 Å². The lowest BCUT2D eigenvalue weighted by Gasteiger charge is -2.24. The lowest BCUT2D eigenvalue weighted by molar-refractivity contribution is 0.0275. The predicted octanol–water partition coefficient (Wildman–Crippen LogP) is 3.12. The standard InChI is InChI=1S/C14H19ClN2O3/c1-14(2,3)20-13(18)17-7-6-11(9-17)19-12-5-4-10(15)8-16-12/h4-5,8,11H,6-7,9H2,1-3H3/t11-/m1/s1. The Balaban J connectivity index is 1.86. The summed E-state index contributed by atoms with van der Waals surface area (Å²) < 4.78 is 11.1. The minimum absolute atomic E-state index is 0.0591. The monoisotopic (exact) mass is 298 g/mol. The van der Waals surface area contributed by atoms with Crippen molar-refractivity contribution < 1.29 is 14.3 Å². The van der Waals surface area contributed by atoms with Crippen LogP contribution in [-0.2, 0) is 4.74 Å². The van der Waals surface area contributed by atoms with Crippen molar-refractivity contribution in [3.8, 4) is 5.88 Å². The fraction of sp³-hybridized carbons (Fsp3) is 0.571. The van der Waals surface area contributed by atoms with E-state index in [1.54, 1.807) is 17.0 Å². The molecule has 0 aromatic carbocycles. The van der Waals surface area contributed by atoms with Crippen LogP contribution in [0.15, 0.2) is 18.3 Å². The van der Waals surface area contributed by atoms with Crippen molar-refractivity contribution in [2.45, 2.75) is 38.9 Å². The van der Waals surface area contributed by atoms with Gasteiger partial charge in [-0.3, -0.25) is 0 Å². The van der Waals surface area contributed by atoms with E-state index in [-0.39, 0.29) is 12.2 Å². The van der Waals surface area contributed by atoms with Gasteiger partial charge in [0.05, 0.1) is 11.6 Å². The molecule has 1 aromatic rings. The molecule has 1 aromatic heterocycles. The van der Waals surface area contributed by atoms with Crippen LogP contribution in [0.2, 0.25) is 5.02 Å². The molecule has 2 heterocycles. The van der Waals surface area contributed by atoms with Crippen LogP contribution in [-0.4, -0.2) is 40.8 Å². The molecule has 20 heavy (non-hydrogen) atoms. The van der Waals surface area contributed by atoms with Gasteiger partial charge in [0.15, 0.2) is 0 Å². The van der Waals surface area contributed by atoms with Crippen molar-refractivity contribution >= 4 is 17.7 Å². The predicted molar refractivity (Wildman–Crippen MR) is 76.1 cm³/mol. The van der Waals surface area contributed by atoms with Crippen LogP contribution >= 0.6 is 11.6 Å². The van der Waals surface area contributed by atoms with E-state index >= 15 is 0 Å². The van der Waals surface area contributed by atoms with E-state index in [1.807, 2.05) is 20.8 Å². The zero-order chi connectivity index (χ0) is 14.8. The molecule has 6 heteroatoms. The van der Waals surface area contributed by atoms with Crippen molar-refractivity contribution in [1.29, 1.82) is 0 Å². The minimum Gasteiger partial charge on any atom is -0.472 e. The van der Waals surface area contributed by atoms with E-state index in [1.165, 1.54) is 6.20 Å². The van der Waals surface area contributed by atoms with Gasteiger partial charge in [0, 0.05) is 25.2 Å². The second-order valence-electron chi connectivity index (χ2n) is 5.77. The van der Waals surface area contributed by atoms with Crippen LogP contribution < -0.4 is 4.74 Å². The lowest BCUT2D eigenvalue weighted by atomic mass is 10.2. The maximum absolute atomic E-state index is 11.9. The molecule has 1 saturated heterocycles. The van der Waals surface area contributed by atoms with Gasteiger partial charge in [0.2, 0.25) is 5.88 Å². The van der Waals surface area contributed by atoms with Crippen molar-refractivity contribution in [3.63, 3.8) is 0 Å². The third-order valence-electron chi connectivity index (χ3n) is 2.78. The van der Waals surface area contributed by atoms with Gasteiger partial charge in [-0.1, -0.05) is 11.6 Å². The summed E-state index contributed by atoms with van der Waals surface area (Å²) in [7, 11) is 0. The number of aromatic nitrogens is 1. The largest absolute Gasteiger partial charge is 0.472 e. The molecule has 1 amide bonds. The highest BCUT2D eigenvalue weighted by atomic mass is 35.5. The highest BCUT2D eigenvalue weighted by Crippen LogP contribution is 2.20. The molecule has 0 N–H and O–H groups in total. The van der Waals surface area contributed by atoms with Crippen molar-refractivity contribution in [2.24, 2.45) is 0 Å². The van der Waals surface area contributed by atoms with E-state index in [2.05, 4.69) is 4.98 Å². The maximum Gasteiger partial charge on any atom is 0.410 e. The third-order valence-corrected chi connectivity index (χ3v) is 3.01. The summed E-state index contributed by atoms with van der Waals surface area (Å²) in [6, 6.07) is 3.45. The Bertz CT molecular complexity index is 470. The molecule has 0 saturated carbocycles. The van der Waals surface area contributed by atoms with Gasteiger partial charge in [-0.15, -0.1) is 0 Å². The van der Waals surface area contributed by atoms with E-state index < -0.39 is 5.60 Å². The average Bonchev–Trinajstić information content (AvgIpc) is 2.79. The molecule has 2 rings (SSSR count). The van der Waals surface area contributed by atoms with Gasteiger partial charge in [0.1, 0.15) is 11.7 Å². The Morgan fingerprint density at radius 3 is 2.80 bits per heavy atom. The van der Waals surface area contributed by atoms with Crippen LogP contribution in [0, 0.1) is 0 Å². The topological polar surface area (TPSA) is 51.7 Å². The molecule has 1 aliphatic rings. The van der Waals surface area contributed by atoms with E-state index in [4.69, 9.17) is 21.1 Å². The summed E-state index contributed by atoms with van der Waals surface area (Å²) in [5, 5.41) is 0.569. The van der Waals surface area contributed by atoms with E-state index in [0.717, 1.165) is 6.42 Å². The number of carbonyl (C=O) groups excluding carboxylic acids is 1. The summed E-state index contributed by atoms with van der Waals surface area (Å²) >= 11 is 5.77. The number of halogens is 1. The summed E-state index contributed by atoms with van der Waals surface area (Å²) in [6.07, 6.45) is 1.95. The number of hydrogen-bond donors (Lipinski definition) is 0. The Kier molecular flexibility index (Phi) is 4.38. The smallest absolute Gasteiger partial charge is 0.410 e. The van der Waals surface area contributed by atoms with Crippen LogP contribution in [0.3, 0.4) is 0 Å². The first-order chi connectivity index (χ1) is 9.33. The Morgan fingerprint density at radius 2 is 2.20 bits per heavy atom. The Hall–Kier alpha value is -1.49. The van der Waals surface area contributed by atoms with Gasteiger partial charge in [-0.2, -0.15) is 0 Å². The van der Waals surface area contributed by atoms with Crippen LogP contribution in [0.5, 0.6) is 5.88 Å². The molecule has 110 valence electrons. The second-order valence-corrected chi connectivity index (χ2v) is 6.21. The number of ether oxygens (including phenoxy) is 2. The van der Waals surface area contributed by atoms with Crippen molar-refractivity contribution in [2.75, 3.05) is 13.1 Å². The Morgan fingerprint density at radius 1 is 1.45 bits per heavy atom. The molecular formula is C14H19ClN2O3.